The molecule has 0 saturated carbocycles. The molecule has 0 saturated heterocycles. The van der Waals surface area contributed by atoms with Crippen LogP contribution in [0, 0.1) is 6.92 Å². The van der Waals surface area contributed by atoms with Gasteiger partial charge in [-0.25, -0.2) is 4.98 Å². The molecular weight excluding hydrogens is 388 g/mol. The van der Waals surface area contributed by atoms with E-state index < -0.39 is 0 Å². The van der Waals surface area contributed by atoms with Gasteiger partial charge in [0.15, 0.2) is 0 Å². The summed E-state index contributed by atoms with van der Waals surface area (Å²) in [6.07, 6.45) is 1.12. The third-order valence-corrected chi connectivity index (χ3v) is 6.39. The third-order valence-electron chi connectivity index (χ3n) is 4.25. The van der Waals surface area contributed by atoms with Crippen molar-refractivity contribution in [1.82, 2.24) is 10.3 Å². The molecule has 1 heterocycles. The highest BCUT2D eigenvalue weighted by Gasteiger charge is 2.08. The Morgan fingerprint density at radius 1 is 1.11 bits per heavy atom. The van der Waals surface area contributed by atoms with Crippen molar-refractivity contribution in [2.24, 2.45) is 0 Å². The number of nitrogens with one attached hydrogen (secondary N) is 1. The number of amides is 1. The van der Waals surface area contributed by atoms with Gasteiger partial charge in [-0.3, -0.25) is 4.79 Å². The minimum atomic E-state index is 0.00824. The summed E-state index contributed by atoms with van der Waals surface area (Å²) in [7, 11) is 1.65. The first-order valence-corrected chi connectivity index (χ1v) is 11.0. The number of benzene rings is 2. The number of carbonyl (C=O) groups excluding carboxylic acids is 1. The lowest BCUT2D eigenvalue weighted by atomic mass is 10.1. The molecule has 1 aromatic heterocycles. The highest BCUT2D eigenvalue weighted by molar-refractivity contribution is 8.00. The van der Waals surface area contributed by atoms with Crippen LogP contribution in [0.4, 0.5) is 0 Å². The van der Waals surface area contributed by atoms with E-state index >= 15 is 0 Å². The van der Waals surface area contributed by atoms with Crippen LogP contribution in [0.25, 0.3) is 0 Å². The van der Waals surface area contributed by atoms with E-state index in [2.05, 4.69) is 41.5 Å². The fourth-order valence-electron chi connectivity index (χ4n) is 2.63. The van der Waals surface area contributed by atoms with Crippen LogP contribution in [0.15, 0.2) is 58.3 Å². The van der Waals surface area contributed by atoms with Gasteiger partial charge in [0.2, 0.25) is 5.91 Å². The molecule has 0 spiro atoms. The summed E-state index contributed by atoms with van der Waals surface area (Å²) < 4.78 is 6.15. The number of aryl methyl sites for hydroxylation is 1. The molecule has 2 aromatic carbocycles. The van der Waals surface area contributed by atoms with Gasteiger partial charge in [0, 0.05) is 17.7 Å². The molecule has 0 aliphatic heterocycles. The summed E-state index contributed by atoms with van der Waals surface area (Å²) in [4.78, 5) is 16.7. The van der Waals surface area contributed by atoms with Crippen LogP contribution < -0.4 is 10.1 Å². The zero-order valence-corrected chi connectivity index (χ0v) is 17.7. The largest absolute Gasteiger partial charge is 0.497 e. The monoisotopic (exact) mass is 412 g/mol. The Kier molecular flexibility index (Phi) is 7.51. The molecule has 0 unspecified atom stereocenters. The first-order valence-electron chi connectivity index (χ1n) is 9.15. The van der Waals surface area contributed by atoms with E-state index in [0.29, 0.717) is 13.0 Å². The van der Waals surface area contributed by atoms with Gasteiger partial charge in [0.05, 0.1) is 19.2 Å². The number of aromatic nitrogens is 1. The molecule has 0 bridgehead atoms. The van der Waals surface area contributed by atoms with Gasteiger partial charge >= 0.3 is 0 Å². The molecule has 0 aliphatic carbocycles. The predicted molar refractivity (Wildman–Crippen MR) is 116 cm³/mol. The van der Waals surface area contributed by atoms with Crippen LogP contribution >= 0.6 is 23.1 Å². The Morgan fingerprint density at radius 3 is 2.54 bits per heavy atom. The van der Waals surface area contributed by atoms with Crippen molar-refractivity contribution in [3.05, 3.63) is 76.3 Å². The number of hydrogen-bond acceptors (Lipinski definition) is 5. The molecule has 0 radical (unpaired) electrons. The molecule has 0 atom stereocenters. The summed E-state index contributed by atoms with van der Waals surface area (Å²) in [6.45, 7) is 2.70. The lowest BCUT2D eigenvalue weighted by molar-refractivity contribution is -0.120. The van der Waals surface area contributed by atoms with Crippen molar-refractivity contribution >= 4 is 29.0 Å². The summed E-state index contributed by atoms with van der Waals surface area (Å²) in [5.74, 6) is 1.74. The molecule has 4 nitrogen and oxygen atoms in total. The topological polar surface area (TPSA) is 51.2 Å². The molecule has 6 heteroatoms. The Bertz CT molecular complexity index is 890. The van der Waals surface area contributed by atoms with Crippen molar-refractivity contribution in [2.75, 3.05) is 13.7 Å². The summed E-state index contributed by atoms with van der Waals surface area (Å²) >= 11 is 3.31. The Balaban J connectivity index is 1.39. The lowest BCUT2D eigenvalue weighted by Gasteiger charge is -2.05. The Morgan fingerprint density at radius 2 is 1.82 bits per heavy atom. The summed E-state index contributed by atoms with van der Waals surface area (Å²) in [6, 6.07) is 16.4. The van der Waals surface area contributed by atoms with Crippen molar-refractivity contribution in [2.45, 2.75) is 29.9 Å². The number of ether oxygens (including phenoxy) is 1. The lowest BCUT2D eigenvalue weighted by Crippen LogP contribution is -2.27. The molecule has 0 aliphatic rings. The third kappa shape index (κ3) is 6.39. The second-order valence-electron chi connectivity index (χ2n) is 6.50. The van der Waals surface area contributed by atoms with Crippen molar-refractivity contribution in [3.63, 3.8) is 0 Å². The number of hydrogen-bond donors (Lipinski definition) is 1. The van der Waals surface area contributed by atoms with Crippen LogP contribution in [0.1, 0.15) is 22.4 Å². The van der Waals surface area contributed by atoms with Gasteiger partial charge in [-0.2, -0.15) is 0 Å². The maximum absolute atomic E-state index is 12.2. The second kappa shape index (κ2) is 10.3. The molecule has 0 fully saturated rings. The van der Waals surface area contributed by atoms with Crippen molar-refractivity contribution in [3.8, 4) is 5.75 Å². The number of thioether (sulfide) groups is 1. The molecule has 3 rings (SSSR count). The van der Waals surface area contributed by atoms with Crippen LogP contribution in [-0.4, -0.2) is 24.5 Å². The van der Waals surface area contributed by atoms with E-state index in [0.717, 1.165) is 28.0 Å². The van der Waals surface area contributed by atoms with Gasteiger partial charge in [-0.15, -0.1) is 11.3 Å². The minimum absolute atomic E-state index is 0.00824. The fourth-order valence-corrected chi connectivity index (χ4v) is 4.43. The second-order valence-corrected chi connectivity index (χ2v) is 8.58. The standard InChI is InChI=1S/C22H24N2O2S2/c1-16-3-5-18(6-4-16)14-27-22-24-19(15-28-22)13-21(25)23-12-11-17-7-9-20(26-2)10-8-17/h3-10,15H,11-14H2,1-2H3,(H,23,25). The number of methoxy groups -OCH3 is 1. The molecule has 146 valence electrons. The van der Waals surface area contributed by atoms with Crippen LogP contribution in [0.5, 0.6) is 5.75 Å². The summed E-state index contributed by atoms with van der Waals surface area (Å²) in [5.41, 5.74) is 4.55. The van der Waals surface area contributed by atoms with Gasteiger partial charge in [0.1, 0.15) is 10.1 Å². The number of nitrogens with zero attached hydrogens (tertiary/aromatic N) is 1. The van der Waals surface area contributed by atoms with E-state index in [4.69, 9.17) is 4.74 Å². The van der Waals surface area contributed by atoms with E-state index in [1.807, 2.05) is 29.6 Å². The van der Waals surface area contributed by atoms with Gasteiger partial charge < -0.3 is 10.1 Å². The molecule has 28 heavy (non-hydrogen) atoms. The maximum Gasteiger partial charge on any atom is 0.226 e. The average molecular weight is 413 g/mol. The SMILES string of the molecule is COc1ccc(CCNC(=O)Cc2csc(SCc3ccc(C)cc3)n2)cc1. The fraction of sp³-hybridized carbons (Fsp3) is 0.273. The first-order chi connectivity index (χ1) is 13.6. The van der Waals surface area contributed by atoms with E-state index in [9.17, 15) is 4.79 Å². The zero-order valence-electron chi connectivity index (χ0n) is 16.1. The van der Waals surface area contributed by atoms with Crippen molar-refractivity contribution in [1.29, 1.82) is 0 Å². The van der Waals surface area contributed by atoms with E-state index in [-0.39, 0.29) is 5.91 Å². The quantitative estimate of drug-likeness (QED) is 0.520. The van der Waals surface area contributed by atoms with Crippen LogP contribution in [0.2, 0.25) is 0 Å². The number of rotatable bonds is 9. The molecule has 1 N–H and O–H groups in total. The van der Waals surface area contributed by atoms with E-state index in [1.165, 1.54) is 16.7 Å². The maximum atomic E-state index is 12.2. The normalized spacial score (nSPS) is 10.6. The Labute approximate surface area is 174 Å². The predicted octanol–water partition coefficient (Wildman–Crippen LogP) is 4.65. The highest BCUT2D eigenvalue weighted by Crippen LogP contribution is 2.26. The number of thiazole rings is 1. The van der Waals surface area contributed by atoms with Gasteiger partial charge in [-0.05, 0) is 36.6 Å². The molecule has 3 aromatic rings. The van der Waals surface area contributed by atoms with E-state index in [1.54, 1.807) is 30.2 Å². The average Bonchev–Trinajstić information content (AvgIpc) is 3.15. The van der Waals surface area contributed by atoms with Gasteiger partial charge in [0.25, 0.3) is 0 Å². The van der Waals surface area contributed by atoms with Gasteiger partial charge in [-0.1, -0.05) is 53.7 Å². The number of carbonyl (C=O) groups is 1. The van der Waals surface area contributed by atoms with Crippen molar-refractivity contribution < 1.29 is 9.53 Å². The first kappa shape index (κ1) is 20.4. The van der Waals surface area contributed by atoms with Crippen LogP contribution in [-0.2, 0) is 23.4 Å². The highest BCUT2D eigenvalue weighted by atomic mass is 32.2. The zero-order chi connectivity index (χ0) is 19.8. The summed E-state index contributed by atoms with van der Waals surface area (Å²) in [5, 5.41) is 4.94. The molecular formula is C22H24N2O2S2. The van der Waals surface area contributed by atoms with Crippen LogP contribution in [0.3, 0.4) is 0 Å². The Hall–Kier alpha value is -2.31. The molecule has 1 amide bonds. The smallest absolute Gasteiger partial charge is 0.226 e. The minimum Gasteiger partial charge on any atom is -0.497 e.